The summed E-state index contributed by atoms with van der Waals surface area (Å²) in [5.74, 6) is -0.425. The molecule has 1 aliphatic heterocycles. The van der Waals surface area contributed by atoms with Crippen molar-refractivity contribution in [1.82, 2.24) is 4.90 Å². The van der Waals surface area contributed by atoms with Crippen LogP contribution in [0.2, 0.25) is 0 Å². The quantitative estimate of drug-likeness (QED) is 0.441. The zero-order valence-corrected chi connectivity index (χ0v) is 16.9. The summed E-state index contributed by atoms with van der Waals surface area (Å²) in [4.78, 5) is 36.9. The molecule has 0 saturated heterocycles. The van der Waals surface area contributed by atoms with Gasteiger partial charge in [-0.15, -0.1) is 11.3 Å². The second-order valence-electron chi connectivity index (χ2n) is 6.36. The molecule has 0 fully saturated rings. The number of nitro groups is 1. The number of nitrogens with zero attached hydrogens (tertiary/aromatic N) is 3. The Balaban J connectivity index is 1.71. The Kier molecular flexibility index (Phi) is 6.44. The average molecular weight is 426 g/mol. The molecule has 2 heterocycles. The molecule has 9 nitrogen and oxygen atoms in total. The van der Waals surface area contributed by atoms with E-state index in [0.29, 0.717) is 42.2 Å². The number of amides is 2. The molecule has 1 N–H and O–H groups in total. The number of benzene rings is 1. The van der Waals surface area contributed by atoms with E-state index in [-0.39, 0.29) is 5.69 Å². The van der Waals surface area contributed by atoms with Crippen molar-refractivity contribution in [3.05, 3.63) is 62.0 Å². The van der Waals surface area contributed by atoms with Crippen LogP contribution in [0.25, 0.3) is 6.08 Å². The number of nitrogens with one attached hydrogen (secondary N) is 1. The Morgan fingerprint density at radius 1 is 1.40 bits per heavy atom. The normalized spacial score (nSPS) is 12.9. The second-order valence-corrected chi connectivity index (χ2v) is 7.47. The standard InChI is InChI=1S/C20H18N4O5S/c1-2-29-20(26)23-10-9-15-16(11-21)19(30-17(15)12-23)22-18(25)8-5-13-3-6-14(7-4-13)24(27)28/h3-8H,2,9-10,12H2,1H3,(H,22,25). The molecule has 0 spiro atoms. The lowest BCUT2D eigenvalue weighted by atomic mass is 10.0. The Morgan fingerprint density at radius 2 is 2.13 bits per heavy atom. The lowest BCUT2D eigenvalue weighted by Crippen LogP contribution is -2.35. The van der Waals surface area contributed by atoms with Gasteiger partial charge in [0.25, 0.3) is 5.69 Å². The van der Waals surface area contributed by atoms with E-state index < -0.39 is 16.9 Å². The summed E-state index contributed by atoms with van der Waals surface area (Å²) in [6, 6.07) is 7.93. The Bertz CT molecular complexity index is 1050. The summed E-state index contributed by atoms with van der Waals surface area (Å²) in [5.41, 5.74) is 1.86. The highest BCUT2D eigenvalue weighted by molar-refractivity contribution is 7.16. The smallest absolute Gasteiger partial charge is 0.410 e. The third-order valence-corrected chi connectivity index (χ3v) is 5.59. The monoisotopic (exact) mass is 426 g/mol. The first-order chi connectivity index (χ1) is 14.4. The number of nitro benzene ring substituents is 1. The molecule has 154 valence electrons. The van der Waals surface area contributed by atoms with Gasteiger partial charge >= 0.3 is 6.09 Å². The number of anilines is 1. The molecule has 2 aromatic rings. The molecule has 1 aromatic carbocycles. The minimum Gasteiger partial charge on any atom is -0.450 e. The molecule has 1 aliphatic rings. The van der Waals surface area contributed by atoms with Crippen molar-refractivity contribution >= 4 is 40.1 Å². The van der Waals surface area contributed by atoms with Gasteiger partial charge in [-0.05, 0) is 42.7 Å². The molecule has 0 radical (unpaired) electrons. The highest BCUT2D eigenvalue weighted by Crippen LogP contribution is 2.36. The van der Waals surface area contributed by atoms with Gasteiger partial charge in [-0.3, -0.25) is 14.9 Å². The van der Waals surface area contributed by atoms with Crippen LogP contribution in [0.5, 0.6) is 0 Å². The third kappa shape index (κ3) is 4.64. The van der Waals surface area contributed by atoms with Gasteiger partial charge in [0.05, 0.1) is 23.6 Å². The van der Waals surface area contributed by atoms with Crippen molar-refractivity contribution in [3.63, 3.8) is 0 Å². The van der Waals surface area contributed by atoms with Crippen molar-refractivity contribution in [2.24, 2.45) is 0 Å². The lowest BCUT2D eigenvalue weighted by Gasteiger charge is -2.25. The van der Waals surface area contributed by atoms with Crippen LogP contribution in [0.15, 0.2) is 30.3 Å². The molecule has 1 aromatic heterocycles. The molecule has 2 amide bonds. The maximum absolute atomic E-state index is 12.3. The molecule has 0 bridgehead atoms. The van der Waals surface area contributed by atoms with Crippen molar-refractivity contribution in [2.45, 2.75) is 19.9 Å². The van der Waals surface area contributed by atoms with Gasteiger partial charge in [0.2, 0.25) is 5.91 Å². The number of fused-ring (bicyclic) bond motifs is 1. The van der Waals surface area contributed by atoms with Crippen LogP contribution in [0.1, 0.15) is 28.5 Å². The largest absolute Gasteiger partial charge is 0.450 e. The fourth-order valence-electron chi connectivity index (χ4n) is 3.01. The minimum atomic E-state index is -0.495. The fourth-order valence-corrected chi connectivity index (χ4v) is 4.23. The summed E-state index contributed by atoms with van der Waals surface area (Å²) in [6.07, 6.45) is 2.95. The van der Waals surface area contributed by atoms with Crippen LogP contribution in [0, 0.1) is 21.4 Å². The number of hydrogen-bond acceptors (Lipinski definition) is 7. The number of hydrogen-bond donors (Lipinski definition) is 1. The van der Waals surface area contributed by atoms with Gasteiger partial charge < -0.3 is 15.0 Å². The average Bonchev–Trinajstić information content (AvgIpc) is 3.08. The van der Waals surface area contributed by atoms with E-state index in [4.69, 9.17) is 4.74 Å². The first-order valence-corrected chi connectivity index (χ1v) is 9.94. The van der Waals surface area contributed by atoms with Gasteiger partial charge in [-0.2, -0.15) is 5.26 Å². The van der Waals surface area contributed by atoms with Crippen molar-refractivity contribution in [1.29, 1.82) is 5.26 Å². The Labute approximate surface area is 176 Å². The summed E-state index contributed by atoms with van der Waals surface area (Å²) in [6.45, 7) is 2.81. The highest BCUT2D eigenvalue weighted by atomic mass is 32.1. The number of non-ortho nitro benzene ring substituents is 1. The Hall–Kier alpha value is -3.71. The predicted molar refractivity (Wildman–Crippen MR) is 111 cm³/mol. The Morgan fingerprint density at radius 3 is 2.77 bits per heavy atom. The zero-order valence-electron chi connectivity index (χ0n) is 16.1. The van der Waals surface area contributed by atoms with Crippen LogP contribution in [-0.4, -0.2) is 35.0 Å². The number of thiophene rings is 1. The van der Waals surface area contributed by atoms with Gasteiger partial charge in [0.1, 0.15) is 11.1 Å². The highest BCUT2D eigenvalue weighted by Gasteiger charge is 2.27. The summed E-state index contributed by atoms with van der Waals surface area (Å²) < 4.78 is 5.03. The number of nitriles is 1. The van der Waals surface area contributed by atoms with E-state index in [1.165, 1.54) is 47.8 Å². The topological polar surface area (TPSA) is 126 Å². The number of carbonyl (C=O) groups excluding carboxylic acids is 2. The number of carbonyl (C=O) groups is 2. The van der Waals surface area contributed by atoms with E-state index in [1.807, 2.05) is 0 Å². The molecular formula is C20H18N4O5S. The summed E-state index contributed by atoms with van der Waals surface area (Å²) in [5, 5.41) is 23.4. The van der Waals surface area contributed by atoms with Gasteiger partial charge in [-0.1, -0.05) is 0 Å². The van der Waals surface area contributed by atoms with Gasteiger partial charge in [0.15, 0.2) is 0 Å². The minimum absolute atomic E-state index is 0.0312. The van der Waals surface area contributed by atoms with E-state index in [1.54, 1.807) is 11.8 Å². The van der Waals surface area contributed by atoms with E-state index in [0.717, 1.165) is 10.4 Å². The summed E-state index contributed by atoms with van der Waals surface area (Å²) >= 11 is 1.27. The summed E-state index contributed by atoms with van der Waals surface area (Å²) in [7, 11) is 0. The second kappa shape index (κ2) is 9.19. The lowest BCUT2D eigenvalue weighted by molar-refractivity contribution is -0.384. The van der Waals surface area contributed by atoms with Crippen molar-refractivity contribution in [3.8, 4) is 6.07 Å². The van der Waals surface area contributed by atoms with E-state index in [2.05, 4.69) is 11.4 Å². The molecule has 10 heteroatoms. The van der Waals surface area contributed by atoms with E-state index in [9.17, 15) is 25.0 Å². The molecule has 0 unspecified atom stereocenters. The molecule has 3 rings (SSSR count). The van der Waals surface area contributed by atoms with Crippen LogP contribution in [0.3, 0.4) is 0 Å². The maximum Gasteiger partial charge on any atom is 0.410 e. The van der Waals surface area contributed by atoms with Crippen molar-refractivity contribution in [2.75, 3.05) is 18.5 Å². The first-order valence-electron chi connectivity index (χ1n) is 9.12. The maximum atomic E-state index is 12.3. The first kappa shape index (κ1) is 21.0. The van der Waals surface area contributed by atoms with Crippen LogP contribution < -0.4 is 5.32 Å². The van der Waals surface area contributed by atoms with Crippen LogP contribution >= 0.6 is 11.3 Å². The number of rotatable bonds is 5. The van der Waals surface area contributed by atoms with Crippen LogP contribution in [0.4, 0.5) is 15.5 Å². The van der Waals surface area contributed by atoms with Gasteiger partial charge in [0, 0.05) is 29.6 Å². The van der Waals surface area contributed by atoms with E-state index >= 15 is 0 Å². The molecule has 0 atom stereocenters. The van der Waals surface area contributed by atoms with Crippen LogP contribution in [-0.2, 0) is 22.5 Å². The number of ether oxygens (including phenoxy) is 1. The van der Waals surface area contributed by atoms with Gasteiger partial charge in [-0.25, -0.2) is 4.79 Å². The molecule has 0 aliphatic carbocycles. The SMILES string of the molecule is CCOC(=O)N1CCc2c(sc(NC(=O)C=Cc3ccc([N+](=O)[O-])cc3)c2C#N)C1. The predicted octanol–water partition coefficient (Wildman–Crippen LogP) is 3.69. The molecule has 0 saturated carbocycles. The molecular weight excluding hydrogens is 408 g/mol. The molecule has 30 heavy (non-hydrogen) atoms. The zero-order chi connectivity index (χ0) is 21.7. The third-order valence-electron chi connectivity index (χ3n) is 4.46. The van der Waals surface area contributed by atoms with Crippen molar-refractivity contribution < 1.29 is 19.2 Å². The fraction of sp³-hybridized carbons (Fsp3) is 0.250.